The number of aliphatic carboxylic acids is 2. The number of carbonyl (C=O) groups is 2. The van der Waals surface area contributed by atoms with E-state index in [1.54, 1.807) is 6.07 Å². The molecule has 1 atom stereocenters. The summed E-state index contributed by atoms with van der Waals surface area (Å²) in [6.45, 7) is 3.12. The molecule has 0 amide bonds. The smallest absolute Gasteiger partial charge is 0.475 e. The molecule has 0 saturated carbocycles. The van der Waals surface area contributed by atoms with Crippen LogP contribution >= 0.6 is 0 Å². The zero-order chi connectivity index (χ0) is 24.7. The van der Waals surface area contributed by atoms with Crippen LogP contribution in [-0.2, 0) is 14.3 Å². The molecule has 2 N–H and O–H groups in total. The Morgan fingerprint density at radius 1 is 1.19 bits per heavy atom. The maximum Gasteiger partial charge on any atom is 0.490 e. The SMILES string of the molecule is CN1CC2(C1)OCCC2COc1ncccc1F.O=C(O)C(F)(F)F.O=C(O)C(F)(F)F. The minimum atomic E-state index is -5.08. The fraction of sp³-hybridized carbons (Fsp3) is 0.588. The first-order valence-electron chi connectivity index (χ1n) is 8.74. The number of pyridine rings is 1. The molecule has 32 heavy (non-hydrogen) atoms. The quantitative estimate of drug-likeness (QED) is 0.636. The number of halogens is 7. The van der Waals surface area contributed by atoms with Crippen LogP contribution in [0, 0.1) is 11.7 Å². The fourth-order valence-corrected chi connectivity index (χ4v) is 2.89. The Morgan fingerprint density at radius 3 is 2.09 bits per heavy atom. The summed E-state index contributed by atoms with van der Waals surface area (Å²) in [7, 11) is 2.07. The lowest BCUT2D eigenvalue weighted by atomic mass is 9.82. The van der Waals surface area contributed by atoms with Gasteiger partial charge in [0, 0.05) is 31.8 Å². The number of likely N-dealkylation sites (N-methyl/N-ethyl adjacent to an activating group) is 1. The minimum Gasteiger partial charge on any atom is -0.475 e. The Balaban J connectivity index is 0.000000305. The van der Waals surface area contributed by atoms with E-state index in [-0.39, 0.29) is 11.5 Å². The van der Waals surface area contributed by atoms with Gasteiger partial charge in [0.25, 0.3) is 0 Å². The van der Waals surface area contributed by atoms with Gasteiger partial charge in [-0.1, -0.05) is 0 Å². The topological polar surface area (TPSA) is 109 Å². The number of carboxylic acid groups (broad SMARTS) is 2. The van der Waals surface area contributed by atoms with Crippen LogP contribution in [0.25, 0.3) is 0 Å². The van der Waals surface area contributed by atoms with Crippen LogP contribution in [0.5, 0.6) is 5.88 Å². The second kappa shape index (κ2) is 10.8. The van der Waals surface area contributed by atoms with E-state index < -0.39 is 30.1 Å². The normalized spacial score (nSPS) is 19.7. The summed E-state index contributed by atoms with van der Waals surface area (Å²) >= 11 is 0. The van der Waals surface area contributed by atoms with Crippen molar-refractivity contribution in [3.8, 4) is 5.88 Å². The standard InChI is InChI=1S/C13H17FN2O2.2C2HF3O2/c1-16-8-13(9-16)10(4-6-18-13)7-17-12-11(14)3-2-5-15-12;2*3-2(4,5)1(6)7/h2-3,5,10H,4,6-9H2,1H3;2*(H,6,7). The number of hydrogen-bond acceptors (Lipinski definition) is 6. The zero-order valence-electron chi connectivity index (χ0n) is 16.4. The van der Waals surface area contributed by atoms with Crippen molar-refractivity contribution in [3.05, 3.63) is 24.1 Å². The molecule has 3 heterocycles. The molecule has 2 saturated heterocycles. The molecular weight excluding hydrogens is 461 g/mol. The molecule has 0 aromatic carbocycles. The molecule has 1 spiro atoms. The van der Waals surface area contributed by atoms with Crippen LogP contribution in [0.4, 0.5) is 30.7 Å². The van der Waals surface area contributed by atoms with Gasteiger partial charge in [-0.25, -0.2) is 19.0 Å². The maximum atomic E-state index is 13.4. The summed E-state index contributed by atoms with van der Waals surface area (Å²) in [6.07, 6.45) is -7.65. The highest BCUT2D eigenvalue weighted by atomic mass is 19.4. The summed E-state index contributed by atoms with van der Waals surface area (Å²) in [5, 5.41) is 14.2. The molecule has 3 rings (SSSR count). The second-order valence-corrected chi connectivity index (χ2v) is 6.78. The van der Waals surface area contributed by atoms with E-state index in [2.05, 4.69) is 16.9 Å². The zero-order valence-corrected chi connectivity index (χ0v) is 16.4. The first-order chi connectivity index (χ1) is 14.6. The predicted molar refractivity (Wildman–Crippen MR) is 91.4 cm³/mol. The van der Waals surface area contributed by atoms with E-state index in [1.807, 2.05) is 0 Å². The van der Waals surface area contributed by atoms with Crippen molar-refractivity contribution >= 4 is 11.9 Å². The number of nitrogens with zero attached hydrogens (tertiary/aromatic N) is 2. The first-order valence-corrected chi connectivity index (χ1v) is 8.74. The van der Waals surface area contributed by atoms with Crippen molar-refractivity contribution in [1.29, 1.82) is 0 Å². The van der Waals surface area contributed by atoms with Crippen LogP contribution in [0.2, 0.25) is 0 Å². The third-order valence-electron chi connectivity index (χ3n) is 4.31. The van der Waals surface area contributed by atoms with Crippen molar-refractivity contribution in [2.45, 2.75) is 24.4 Å². The van der Waals surface area contributed by atoms with Gasteiger partial charge < -0.3 is 24.6 Å². The largest absolute Gasteiger partial charge is 0.490 e. The highest BCUT2D eigenvalue weighted by molar-refractivity contribution is 5.73. The minimum absolute atomic E-state index is 0.0694. The molecule has 0 aliphatic carbocycles. The van der Waals surface area contributed by atoms with Gasteiger partial charge in [0.2, 0.25) is 5.88 Å². The van der Waals surface area contributed by atoms with Crippen LogP contribution in [0.3, 0.4) is 0 Å². The summed E-state index contributed by atoms with van der Waals surface area (Å²) in [4.78, 5) is 23.9. The van der Waals surface area contributed by atoms with E-state index in [9.17, 15) is 30.7 Å². The molecule has 0 radical (unpaired) electrons. The van der Waals surface area contributed by atoms with Crippen molar-refractivity contribution in [3.63, 3.8) is 0 Å². The van der Waals surface area contributed by atoms with E-state index in [1.165, 1.54) is 12.3 Å². The average molecular weight is 480 g/mol. The van der Waals surface area contributed by atoms with Gasteiger partial charge >= 0.3 is 24.3 Å². The molecule has 2 aliphatic heterocycles. The summed E-state index contributed by atoms with van der Waals surface area (Å²) < 4.78 is 88.2. The third kappa shape index (κ3) is 8.11. The van der Waals surface area contributed by atoms with Crippen molar-refractivity contribution in [2.75, 3.05) is 33.4 Å². The van der Waals surface area contributed by atoms with Crippen molar-refractivity contribution in [2.24, 2.45) is 5.92 Å². The number of hydrogen-bond donors (Lipinski definition) is 2. The van der Waals surface area contributed by atoms with E-state index in [4.69, 9.17) is 29.3 Å². The lowest BCUT2D eigenvalue weighted by molar-refractivity contribution is -0.193. The molecule has 15 heteroatoms. The lowest BCUT2D eigenvalue weighted by Gasteiger charge is -2.48. The van der Waals surface area contributed by atoms with Gasteiger partial charge in [-0.05, 0) is 25.6 Å². The molecule has 1 aromatic heterocycles. The molecule has 0 bridgehead atoms. The van der Waals surface area contributed by atoms with Gasteiger partial charge in [-0.15, -0.1) is 0 Å². The van der Waals surface area contributed by atoms with Crippen LogP contribution in [-0.4, -0.2) is 83.3 Å². The van der Waals surface area contributed by atoms with Crippen LogP contribution in [0.1, 0.15) is 6.42 Å². The summed E-state index contributed by atoms with van der Waals surface area (Å²) in [5.41, 5.74) is -0.0694. The lowest BCUT2D eigenvalue weighted by Crippen LogP contribution is -2.63. The number of likely N-dealkylation sites (tertiary alicyclic amines) is 1. The Kier molecular flexibility index (Phi) is 9.20. The number of rotatable bonds is 3. The molecular formula is C17H19F7N2O6. The van der Waals surface area contributed by atoms with Gasteiger partial charge in [-0.2, -0.15) is 26.3 Å². The second-order valence-electron chi connectivity index (χ2n) is 6.78. The van der Waals surface area contributed by atoms with E-state index >= 15 is 0 Å². The van der Waals surface area contributed by atoms with Crippen molar-refractivity contribution in [1.82, 2.24) is 9.88 Å². The van der Waals surface area contributed by atoms with Gasteiger partial charge in [0.1, 0.15) is 0 Å². The number of carboxylic acids is 2. The van der Waals surface area contributed by atoms with Crippen LogP contribution < -0.4 is 4.74 Å². The Bertz CT molecular complexity index is 757. The highest BCUT2D eigenvalue weighted by Crippen LogP contribution is 2.39. The number of alkyl halides is 6. The average Bonchev–Trinajstić information content (AvgIpc) is 3.04. The third-order valence-corrected chi connectivity index (χ3v) is 4.31. The van der Waals surface area contributed by atoms with Gasteiger partial charge in [-0.3, -0.25) is 0 Å². The maximum absolute atomic E-state index is 13.4. The van der Waals surface area contributed by atoms with E-state index in [0.717, 1.165) is 26.1 Å². The summed E-state index contributed by atoms with van der Waals surface area (Å²) in [6, 6.07) is 2.92. The predicted octanol–water partition coefficient (Wildman–Crippen LogP) is 2.59. The van der Waals surface area contributed by atoms with E-state index in [0.29, 0.717) is 12.5 Å². The molecule has 1 aromatic rings. The number of aromatic nitrogens is 1. The van der Waals surface area contributed by atoms with Crippen LogP contribution in [0.15, 0.2) is 18.3 Å². The highest BCUT2D eigenvalue weighted by Gasteiger charge is 2.52. The molecule has 2 aliphatic rings. The number of ether oxygens (including phenoxy) is 2. The fourth-order valence-electron chi connectivity index (χ4n) is 2.89. The van der Waals surface area contributed by atoms with Gasteiger partial charge in [0.05, 0.1) is 12.2 Å². The van der Waals surface area contributed by atoms with Gasteiger partial charge in [0.15, 0.2) is 5.82 Å². The molecule has 182 valence electrons. The molecule has 1 unspecified atom stereocenters. The van der Waals surface area contributed by atoms with Crippen molar-refractivity contribution < 1.29 is 60.0 Å². The molecule has 8 nitrogen and oxygen atoms in total. The Labute approximate surface area is 176 Å². The first kappa shape index (κ1) is 27.4. The summed E-state index contributed by atoms with van der Waals surface area (Å²) in [5.74, 6) is -5.50. The Morgan fingerprint density at radius 2 is 1.69 bits per heavy atom. The monoisotopic (exact) mass is 480 g/mol. The Hall–Kier alpha value is -2.68. The molecule has 2 fully saturated rings.